The van der Waals surface area contributed by atoms with Crippen LogP contribution in [0.25, 0.3) is 6.20 Å². The van der Waals surface area contributed by atoms with Crippen molar-refractivity contribution in [2.75, 3.05) is 0 Å². The number of rotatable bonds is 1. The summed E-state index contributed by atoms with van der Waals surface area (Å²) in [6.45, 7) is 3.33. The van der Waals surface area contributed by atoms with E-state index in [0.29, 0.717) is 0 Å². The van der Waals surface area contributed by atoms with Gasteiger partial charge in [-0.05, 0) is 0 Å². The van der Waals surface area contributed by atoms with Gasteiger partial charge < -0.3 is 5.11 Å². The summed E-state index contributed by atoms with van der Waals surface area (Å²) in [4.78, 5) is 10.4. The van der Waals surface area contributed by atoms with Crippen molar-refractivity contribution in [1.82, 2.24) is 4.57 Å². The van der Waals surface area contributed by atoms with Crippen molar-refractivity contribution in [3.05, 3.63) is 21.6 Å². The number of nitrogens with zero attached hydrogens (tertiary/aromatic N) is 1. The molecule has 0 spiro atoms. The zero-order valence-corrected chi connectivity index (χ0v) is 5.39. The van der Waals surface area contributed by atoms with Gasteiger partial charge in [0.1, 0.15) is 0 Å². The van der Waals surface area contributed by atoms with Crippen LogP contribution in [0.15, 0.2) is 16.8 Å². The van der Waals surface area contributed by atoms with Crippen molar-refractivity contribution in [1.29, 1.82) is 0 Å². The van der Waals surface area contributed by atoms with Gasteiger partial charge in [0.2, 0.25) is 5.88 Å². The second kappa shape index (κ2) is 2.06. The third-order valence-corrected chi connectivity index (χ3v) is 1.62. The minimum atomic E-state index is -0.220. The van der Waals surface area contributed by atoms with Crippen LogP contribution in [0.1, 0.15) is 0 Å². The molecule has 0 radical (unpaired) electrons. The number of thiazole rings is 1. The number of hydrogen-bond donors (Lipinski definition) is 1. The first kappa shape index (κ1) is 6.10. The number of aromatic hydroxyl groups is 1. The minimum absolute atomic E-state index is 0.0556. The van der Waals surface area contributed by atoms with Gasteiger partial charge in [0.05, 0.1) is 5.38 Å². The van der Waals surface area contributed by atoms with Crippen LogP contribution in [0.3, 0.4) is 0 Å². The molecule has 0 amide bonds. The average Bonchev–Trinajstić information content (AvgIpc) is 2.12. The Balaban J connectivity index is 3.40. The van der Waals surface area contributed by atoms with E-state index in [1.54, 1.807) is 0 Å². The molecule has 1 N–H and O–H groups in total. The van der Waals surface area contributed by atoms with Crippen LogP contribution in [-0.4, -0.2) is 9.67 Å². The van der Waals surface area contributed by atoms with Crippen molar-refractivity contribution >= 4 is 17.5 Å². The van der Waals surface area contributed by atoms with Crippen molar-refractivity contribution in [3.8, 4) is 5.88 Å². The molecule has 0 bridgehead atoms. The SMILES string of the molecule is C=Cn1c(O)csc1=O. The lowest BCUT2D eigenvalue weighted by atomic mass is 10.8. The molecule has 0 atom stereocenters. The second-order valence-corrected chi connectivity index (χ2v) is 2.23. The van der Waals surface area contributed by atoms with E-state index in [9.17, 15) is 4.79 Å². The molecule has 0 saturated carbocycles. The zero-order valence-electron chi connectivity index (χ0n) is 4.57. The standard InChI is InChI=1S/C5H5NO2S/c1-2-6-4(7)3-9-5(6)8/h2-3,7H,1H2. The van der Waals surface area contributed by atoms with Gasteiger partial charge in [0.15, 0.2) is 0 Å². The van der Waals surface area contributed by atoms with Gasteiger partial charge in [-0.3, -0.25) is 4.79 Å². The van der Waals surface area contributed by atoms with E-state index in [0.717, 1.165) is 15.9 Å². The third kappa shape index (κ3) is 0.882. The highest BCUT2D eigenvalue weighted by atomic mass is 32.1. The molecule has 1 aromatic heterocycles. The van der Waals surface area contributed by atoms with Gasteiger partial charge in [-0.1, -0.05) is 17.9 Å². The molecule has 0 fully saturated rings. The maximum absolute atomic E-state index is 10.6. The normalized spacial score (nSPS) is 9.33. The Hall–Kier alpha value is -1.03. The molecule has 9 heavy (non-hydrogen) atoms. The minimum Gasteiger partial charge on any atom is -0.494 e. The fourth-order valence-electron chi connectivity index (χ4n) is 0.478. The van der Waals surface area contributed by atoms with E-state index in [4.69, 9.17) is 5.11 Å². The molecule has 4 heteroatoms. The fourth-order valence-corrected chi connectivity index (χ4v) is 1.08. The van der Waals surface area contributed by atoms with Crippen LogP contribution >= 0.6 is 11.3 Å². The summed E-state index contributed by atoms with van der Waals surface area (Å²) >= 11 is 0.942. The van der Waals surface area contributed by atoms with E-state index in [2.05, 4.69) is 6.58 Å². The highest BCUT2D eigenvalue weighted by Gasteiger charge is 1.97. The third-order valence-electron chi connectivity index (χ3n) is 0.891. The number of aromatic nitrogens is 1. The Morgan fingerprint density at radius 1 is 1.89 bits per heavy atom. The summed E-state index contributed by atoms with van der Waals surface area (Å²) in [5.41, 5.74) is 0. The summed E-state index contributed by atoms with van der Waals surface area (Å²) in [7, 11) is 0. The van der Waals surface area contributed by atoms with Crippen molar-refractivity contribution in [3.63, 3.8) is 0 Å². The Bertz CT molecular complexity index is 273. The Labute approximate surface area is 55.5 Å². The Morgan fingerprint density at radius 2 is 2.56 bits per heavy atom. The largest absolute Gasteiger partial charge is 0.494 e. The highest BCUT2D eigenvalue weighted by molar-refractivity contribution is 7.07. The summed E-state index contributed by atoms with van der Waals surface area (Å²) < 4.78 is 1.07. The van der Waals surface area contributed by atoms with Crippen molar-refractivity contribution in [2.24, 2.45) is 0 Å². The lowest BCUT2D eigenvalue weighted by Gasteiger charge is -1.88. The average molecular weight is 143 g/mol. The van der Waals surface area contributed by atoms with Crippen LogP contribution in [0.2, 0.25) is 0 Å². The number of hydrogen-bond acceptors (Lipinski definition) is 3. The van der Waals surface area contributed by atoms with E-state index in [-0.39, 0.29) is 10.8 Å². The summed E-state index contributed by atoms with van der Waals surface area (Å²) in [6, 6.07) is 0. The fraction of sp³-hybridized carbons (Fsp3) is 0. The quantitative estimate of drug-likeness (QED) is 0.629. The molecular weight excluding hydrogens is 138 g/mol. The van der Waals surface area contributed by atoms with Crippen LogP contribution < -0.4 is 4.87 Å². The summed E-state index contributed by atoms with van der Waals surface area (Å²) in [6.07, 6.45) is 1.27. The smallest absolute Gasteiger partial charge is 0.314 e. The first-order chi connectivity index (χ1) is 4.25. The molecule has 3 nitrogen and oxygen atoms in total. The maximum atomic E-state index is 10.6. The molecule has 1 aromatic rings. The van der Waals surface area contributed by atoms with Crippen LogP contribution in [0.4, 0.5) is 0 Å². The first-order valence-corrected chi connectivity index (χ1v) is 3.15. The topological polar surface area (TPSA) is 42.2 Å². The molecular formula is C5H5NO2S. The predicted octanol–water partition coefficient (Wildman–Crippen LogP) is 0.716. The van der Waals surface area contributed by atoms with E-state index in [1.165, 1.54) is 11.6 Å². The van der Waals surface area contributed by atoms with Crippen LogP contribution in [0, 0.1) is 0 Å². The van der Waals surface area contributed by atoms with Gasteiger partial charge in [0, 0.05) is 6.20 Å². The second-order valence-electron chi connectivity index (χ2n) is 1.41. The van der Waals surface area contributed by atoms with Crippen LogP contribution in [-0.2, 0) is 0 Å². The monoisotopic (exact) mass is 143 g/mol. The maximum Gasteiger partial charge on any atom is 0.314 e. The molecule has 0 aliphatic rings. The van der Waals surface area contributed by atoms with Gasteiger partial charge >= 0.3 is 4.87 Å². The van der Waals surface area contributed by atoms with Gasteiger partial charge in [-0.15, -0.1) is 0 Å². The summed E-state index contributed by atoms with van der Waals surface area (Å²) in [5, 5.41) is 10.2. The highest BCUT2D eigenvalue weighted by Crippen LogP contribution is 2.07. The molecule has 0 aliphatic heterocycles. The lowest BCUT2D eigenvalue weighted by molar-refractivity contribution is 0.445. The first-order valence-electron chi connectivity index (χ1n) is 2.27. The molecule has 0 aromatic carbocycles. The van der Waals surface area contributed by atoms with Crippen molar-refractivity contribution in [2.45, 2.75) is 0 Å². The molecule has 0 saturated heterocycles. The Morgan fingerprint density at radius 3 is 2.78 bits per heavy atom. The Kier molecular flexibility index (Phi) is 1.40. The lowest BCUT2D eigenvalue weighted by Crippen LogP contribution is -2.04. The van der Waals surface area contributed by atoms with Gasteiger partial charge in [-0.25, -0.2) is 4.57 Å². The zero-order chi connectivity index (χ0) is 6.85. The molecule has 0 aliphatic carbocycles. The van der Waals surface area contributed by atoms with Crippen molar-refractivity contribution < 1.29 is 5.11 Å². The predicted molar refractivity (Wildman–Crippen MR) is 36.6 cm³/mol. The van der Waals surface area contributed by atoms with Gasteiger partial charge in [-0.2, -0.15) is 0 Å². The molecule has 1 heterocycles. The van der Waals surface area contributed by atoms with Crippen LogP contribution in [0.5, 0.6) is 5.88 Å². The van der Waals surface area contributed by atoms with E-state index < -0.39 is 0 Å². The van der Waals surface area contributed by atoms with E-state index in [1.807, 2.05) is 0 Å². The van der Waals surface area contributed by atoms with Gasteiger partial charge in [0.25, 0.3) is 0 Å². The molecule has 48 valence electrons. The molecule has 0 unspecified atom stereocenters. The molecule has 1 rings (SSSR count). The summed E-state index contributed by atoms with van der Waals surface area (Å²) in [5.74, 6) is -0.0556. The van der Waals surface area contributed by atoms with E-state index >= 15 is 0 Å².